The van der Waals surface area contributed by atoms with Crippen molar-refractivity contribution in [1.82, 2.24) is 4.72 Å². The van der Waals surface area contributed by atoms with Crippen LogP contribution in [0.4, 0.5) is 0 Å². The van der Waals surface area contributed by atoms with E-state index >= 15 is 0 Å². The second-order valence-electron chi connectivity index (χ2n) is 4.51. The molecule has 0 fully saturated rings. The molecule has 108 valence electrons. The molecule has 2 rings (SSSR count). The van der Waals surface area contributed by atoms with Crippen LogP contribution in [0.3, 0.4) is 0 Å². The molecule has 0 saturated carbocycles. The van der Waals surface area contributed by atoms with E-state index in [1.165, 1.54) is 7.05 Å². The fourth-order valence-corrected chi connectivity index (χ4v) is 2.77. The molecular formula is C17H17NO2S. The van der Waals surface area contributed by atoms with Gasteiger partial charge in [0.05, 0.1) is 4.90 Å². The van der Waals surface area contributed by atoms with E-state index in [1.54, 1.807) is 6.07 Å². The third kappa shape index (κ3) is 3.72. The number of hydrogen-bond donors (Lipinski definition) is 1. The van der Waals surface area contributed by atoms with Crippen molar-refractivity contribution in [2.75, 3.05) is 7.05 Å². The molecule has 0 atom stereocenters. The third-order valence-electron chi connectivity index (χ3n) is 3.13. The average Bonchev–Trinajstić information content (AvgIpc) is 2.53. The van der Waals surface area contributed by atoms with Gasteiger partial charge in [-0.2, -0.15) is 0 Å². The van der Waals surface area contributed by atoms with Gasteiger partial charge in [-0.1, -0.05) is 43.0 Å². The first-order valence-corrected chi connectivity index (χ1v) is 8.18. The Morgan fingerprint density at radius 2 is 1.76 bits per heavy atom. The van der Waals surface area contributed by atoms with Gasteiger partial charge in [0.1, 0.15) is 0 Å². The summed E-state index contributed by atoms with van der Waals surface area (Å²) in [6, 6.07) is 14.8. The standard InChI is InChI=1S/C17H17NO2S/c1-3-14-10-12-17(21(19,20)18-2)16(13-14)11-9-15-7-5-4-6-8-15/h4-8,10,12-13,18H,3H2,1-2H3. The molecule has 0 spiro atoms. The highest BCUT2D eigenvalue weighted by Gasteiger charge is 2.15. The van der Waals surface area contributed by atoms with Gasteiger partial charge in [0.25, 0.3) is 0 Å². The molecule has 0 aliphatic rings. The van der Waals surface area contributed by atoms with Crippen LogP contribution in [0.15, 0.2) is 53.4 Å². The first-order chi connectivity index (χ1) is 10.1. The van der Waals surface area contributed by atoms with Crippen LogP contribution >= 0.6 is 0 Å². The third-order valence-corrected chi connectivity index (χ3v) is 4.60. The van der Waals surface area contributed by atoms with E-state index in [9.17, 15) is 8.42 Å². The summed E-state index contributed by atoms with van der Waals surface area (Å²) >= 11 is 0. The van der Waals surface area contributed by atoms with Crippen molar-refractivity contribution < 1.29 is 8.42 Å². The van der Waals surface area contributed by atoms with Crippen LogP contribution in [0, 0.1) is 11.8 Å². The molecule has 21 heavy (non-hydrogen) atoms. The zero-order valence-electron chi connectivity index (χ0n) is 12.1. The minimum absolute atomic E-state index is 0.214. The van der Waals surface area contributed by atoms with Crippen molar-refractivity contribution in [3.8, 4) is 11.8 Å². The lowest BCUT2D eigenvalue weighted by Crippen LogP contribution is -2.19. The number of sulfonamides is 1. The van der Waals surface area contributed by atoms with Gasteiger partial charge in [-0.25, -0.2) is 13.1 Å². The van der Waals surface area contributed by atoms with E-state index in [0.717, 1.165) is 17.5 Å². The summed E-state index contributed by atoms with van der Waals surface area (Å²) in [4.78, 5) is 0.214. The topological polar surface area (TPSA) is 46.2 Å². The van der Waals surface area contributed by atoms with Gasteiger partial charge >= 0.3 is 0 Å². The molecule has 1 N–H and O–H groups in total. The maximum Gasteiger partial charge on any atom is 0.241 e. The van der Waals surface area contributed by atoms with E-state index in [2.05, 4.69) is 16.6 Å². The summed E-state index contributed by atoms with van der Waals surface area (Å²) in [6.45, 7) is 2.02. The van der Waals surface area contributed by atoms with E-state index in [1.807, 2.05) is 49.4 Å². The van der Waals surface area contributed by atoms with Crippen LogP contribution < -0.4 is 4.72 Å². The first-order valence-electron chi connectivity index (χ1n) is 6.70. The highest BCUT2D eigenvalue weighted by molar-refractivity contribution is 7.89. The van der Waals surface area contributed by atoms with Crippen molar-refractivity contribution in [2.45, 2.75) is 18.2 Å². The minimum atomic E-state index is -3.51. The number of rotatable bonds is 3. The van der Waals surface area contributed by atoms with Gasteiger partial charge < -0.3 is 0 Å². The normalized spacial score (nSPS) is 10.8. The maximum absolute atomic E-state index is 12.1. The molecule has 0 amide bonds. The monoisotopic (exact) mass is 299 g/mol. The molecule has 4 heteroatoms. The van der Waals surface area contributed by atoms with E-state index < -0.39 is 10.0 Å². The van der Waals surface area contributed by atoms with Crippen LogP contribution in [0.1, 0.15) is 23.6 Å². The summed E-state index contributed by atoms with van der Waals surface area (Å²) < 4.78 is 26.4. The fraction of sp³-hybridized carbons (Fsp3) is 0.176. The van der Waals surface area contributed by atoms with Gasteiger partial charge in [0, 0.05) is 11.1 Å². The number of benzene rings is 2. The van der Waals surface area contributed by atoms with Gasteiger partial charge in [-0.15, -0.1) is 0 Å². The van der Waals surface area contributed by atoms with Crippen LogP contribution in [-0.4, -0.2) is 15.5 Å². The lowest BCUT2D eigenvalue weighted by atomic mass is 10.1. The Morgan fingerprint density at radius 1 is 1.05 bits per heavy atom. The molecule has 0 heterocycles. The van der Waals surface area contributed by atoms with Crippen LogP contribution in [0.5, 0.6) is 0 Å². The molecule has 3 nitrogen and oxygen atoms in total. The van der Waals surface area contributed by atoms with E-state index in [4.69, 9.17) is 0 Å². The SMILES string of the molecule is CCc1ccc(S(=O)(=O)NC)c(C#Cc2ccccc2)c1. The molecule has 0 unspecified atom stereocenters. The second-order valence-corrected chi connectivity index (χ2v) is 6.36. The number of nitrogens with one attached hydrogen (secondary N) is 1. The number of hydrogen-bond acceptors (Lipinski definition) is 2. The van der Waals surface area contributed by atoms with Crippen molar-refractivity contribution in [3.05, 3.63) is 65.2 Å². The molecule has 0 aromatic heterocycles. The van der Waals surface area contributed by atoms with Gasteiger partial charge in [0.15, 0.2) is 0 Å². The summed E-state index contributed by atoms with van der Waals surface area (Å²) in [7, 11) is -2.11. The Morgan fingerprint density at radius 3 is 2.38 bits per heavy atom. The lowest BCUT2D eigenvalue weighted by molar-refractivity contribution is 0.588. The fourth-order valence-electron chi connectivity index (χ4n) is 1.90. The molecule has 0 saturated heterocycles. The Balaban J connectivity index is 2.54. The van der Waals surface area contributed by atoms with Gasteiger partial charge in [0.2, 0.25) is 10.0 Å². The Kier molecular flexibility index (Phi) is 4.79. The first kappa shape index (κ1) is 15.3. The Bertz CT molecular complexity index is 785. The van der Waals surface area contributed by atoms with Crippen LogP contribution in [0.2, 0.25) is 0 Å². The quantitative estimate of drug-likeness (QED) is 0.885. The van der Waals surface area contributed by atoms with Crippen molar-refractivity contribution in [1.29, 1.82) is 0 Å². The molecule has 0 radical (unpaired) electrons. The predicted molar refractivity (Wildman–Crippen MR) is 84.5 cm³/mol. The van der Waals surface area contributed by atoms with Gasteiger partial charge in [-0.3, -0.25) is 0 Å². The molecule has 0 aliphatic heterocycles. The highest BCUT2D eigenvalue weighted by Crippen LogP contribution is 2.17. The van der Waals surface area contributed by atoms with Crippen molar-refractivity contribution >= 4 is 10.0 Å². The predicted octanol–water partition coefficient (Wildman–Crippen LogP) is 2.56. The summed E-state index contributed by atoms with van der Waals surface area (Å²) in [6.07, 6.45) is 0.833. The summed E-state index contributed by atoms with van der Waals surface area (Å²) in [5.74, 6) is 5.98. The van der Waals surface area contributed by atoms with Crippen LogP contribution in [-0.2, 0) is 16.4 Å². The Labute approximate surface area is 126 Å². The maximum atomic E-state index is 12.1. The van der Waals surface area contributed by atoms with Gasteiger partial charge in [-0.05, 0) is 43.3 Å². The Hall–Kier alpha value is -2.09. The molecule has 2 aromatic rings. The lowest BCUT2D eigenvalue weighted by Gasteiger charge is -2.07. The minimum Gasteiger partial charge on any atom is -0.214 e. The largest absolute Gasteiger partial charge is 0.241 e. The second kappa shape index (κ2) is 6.57. The van der Waals surface area contributed by atoms with E-state index in [-0.39, 0.29) is 4.90 Å². The smallest absolute Gasteiger partial charge is 0.214 e. The van der Waals surface area contributed by atoms with E-state index in [0.29, 0.717) is 5.56 Å². The molecule has 0 bridgehead atoms. The zero-order valence-corrected chi connectivity index (χ0v) is 12.9. The highest BCUT2D eigenvalue weighted by atomic mass is 32.2. The molecule has 2 aromatic carbocycles. The molecule has 0 aliphatic carbocycles. The molecular weight excluding hydrogens is 282 g/mol. The van der Waals surface area contributed by atoms with Crippen LogP contribution in [0.25, 0.3) is 0 Å². The van der Waals surface area contributed by atoms with Crippen molar-refractivity contribution in [2.24, 2.45) is 0 Å². The zero-order chi connectivity index (χ0) is 15.3. The summed E-state index contributed by atoms with van der Waals surface area (Å²) in [5.41, 5.74) is 2.43. The number of aryl methyl sites for hydroxylation is 1. The average molecular weight is 299 g/mol. The summed E-state index contributed by atoms with van der Waals surface area (Å²) in [5, 5.41) is 0. The van der Waals surface area contributed by atoms with Crippen molar-refractivity contribution in [3.63, 3.8) is 0 Å².